The Morgan fingerprint density at radius 2 is 1.96 bits per heavy atom. The zero-order chi connectivity index (χ0) is 18.1. The maximum atomic E-state index is 12.4. The number of hydrazone groups is 1. The molecule has 4 rings (SSSR count). The molecule has 2 aliphatic rings. The number of nitrogens with one attached hydrogen (secondary N) is 2. The Balaban J connectivity index is 1.78. The second kappa shape index (κ2) is 6.84. The van der Waals surface area contributed by atoms with E-state index in [-0.39, 0.29) is 5.91 Å². The van der Waals surface area contributed by atoms with Crippen LogP contribution in [0.25, 0.3) is 6.08 Å². The van der Waals surface area contributed by atoms with Crippen molar-refractivity contribution in [2.75, 3.05) is 14.1 Å². The van der Waals surface area contributed by atoms with Crippen LogP contribution in [0.5, 0.6) is 0 Å². The van der Waals surface area contributed by atoms with Gasteiger partial charge in [-0.15, -0.1) is 0 Å². The van der Waals surface area contributed by atoms with E-state index in [0.717, 1.165) is 30.6 Å². The summed E-state index contributed by atoms with van der Waals surface area (Å²) in [6.07, 6.45) is 11.3. The summed E-state index contributed by atoms with van der Waals surface area (Å²) in [7, 11) is 4.13. The molecule has 0 radical (unpaired) electrons. The second-order valence-corrected chi connectivity index (χ2v) is 7.01. The van der Waals surface area contributed by atoms with E-state index < -0.39 is 0 Å². The summed E-state index contributed by atoms with van der Waals surface area (Å²) in [4.78, 5) is 26.2. The van der Waals surface area contributed by atoms with Crippen LogP contribution in [-0.2, 0) is 24.2 Å². The minimum atomic E-state index is -0.202. The van der Waals surface area contributed by atoms with Crippen molar-refractivity contribution in [3.63, 3.8) is 0 Å². The fraction of sp³-hybridized carbons (Fsp3) is 0.368. The van der Waals surface area contributed by atoms with Crippen molar-refractivity contribution < 1.29 is 4.79 Å². The van der Waals surface area contributed by atoms with E-state index in [2.05, 4.69) is 44.5 Å². The first-order valence-electron chi connectivity index (χ1n) is 8.86. The molecule has 0 spiro atoms. The summed E-state index contributed by atoms with van der Waals surface area (Å²) in [5, 5.41) is 4.18. The quantitative estimate of drug-likeness (QED) is 0.821. The first-order valence-corrected chi connectivity index (χ1v) is 8.86. The highest BCUT2D eigenvalue weighted by atomic mass is 16.2. The van der Waals surface area contributed by atoms with Gasteiger partial charge in [0.15, 0.2) is 0 Å². The Labute approximate surface area is 152 Å². The Hall–Kier alpha value is -2.80. The summed E-state index contributed by atoms with van der Waals surface area (Å²) in [5.74, 6) is -0.202. The van der Waals surface area contributed by atoms with Gasteiger partial charge in [-0.2, -0.15) is 5.10 Å². The van der Waals surface area contributed by atoms with E-state index in [9.17, 15) is 4.79 Å². The zero-order valence-corrected chi connectivity index (χ0v) is 15.0. The molecule has 1 amide bonds. The van der Waals surface area contributed by atoms with Gasteiger partial charge in [-0.05, 0) is 57.0 Å². The van der Waals surface area contributed by atoms with Gasteiger partial charge in [-0.25, -0.2) is 15.4 Å². The van der Waals surface area contributed by atoms with Crippen molar-refractivity contribution in [2.45, 2.75) is 32.2 Å². The highest BCUT2D eigenvalue weighted by Gasteiger charge is 2.26. The molecule has 2 aromatic heterocycles. The molecule has 0 saturated heterocycles. The maximum Gasteiger partial charge on any atom is 0.273 e. The molecule has 1 aliphatic heterocycles. The van der Waals surface area contributed by atoms with E-state index in [0.29, 0.717) is 11.3 Å². The Kier molecular flexibility index (Phi) is 4.38. The van der Waals surface area contributed by atoms with Crippen LogP contribution >= 0.6 is 0 Å². The number of hydrogen-bond acceptors (Lipinski definition) is 5. The predicted molar refractivity (Wildman–Crippen MR) is 99.5 cm³/mol. The topological polar surface area (TPSA) is 86.3 Å². The lowest BCUT2D eigenvalue weighted by atomic mass is 9.93. The van der Waals surface area contributed by atoms with E-state index in [1.165, 1.54) is 36.0 Å². The summed E-state index contributed by atoms with van der Waals surface area (Å²) in [6.45, 7) is 0.841. The third kappa shape index (κ3) is 3.06. The van der Waals surface area contributed by atoms with Crippen LogP contribution in [0.1, 0.15) is 40.9 Å². The average molecular weight is 350 g/mol. The molecule has 0 aromatic carbocycles. The zero-order valence-electron chi connectivity index (χ0n) is 15.0. The van der Waals surface area contributed by atoms with Crippen LogP contribution < -0.4 is 5.43 Å². The number of carbonyl (C=O) groups is 1. The number of hydrogen-bond donors (Lipinski definition) is 2. The predicted octanol–water partition coefficient (Wildman–Crippen LogP) is 1.66. The van der Waals surface area contributed by atoms with Crippen molar-refractivity contribution in [2.24, 2.45) is 5.10 Å². The normalized spacial score (nSPS) is 18.2. The number of aryl methyl sites for hydroxylation is 1. The monoisotopic (exact) mass is 350 g/mol. The number of fused-ring (bicyclic) bond motifs is 1. The number of carbonyl (C=O) groups excluding carboxylic acids is 1. The maximum absolute atomic E-state index is 12.4. The van der Waals surface area contributed by atoms with Crippen LogP contribution in [0.3, 0.4) is 0 Å². The van der Waals surface area contributed by atoms with Crippen molar-refractivity contribution in [3.05, 3.63) is 52.4 Å². The van der Waals surface area contributed by atoms with Crippen molar-refractivity contribution in [1.29, 1.82) is 0 Å². The number of amides is 1. The van der Waals surface area contributed by atoms with E-state index in [1.807, 2.05) is 6.08 Å². The second-order valence-electron chi connectivity index (χ2n) is 7.01. The molecule has 0 atom stereocenters. The fourth-order valence-electron chi connectivity index (χ4n) is 3.65. The molecular formula is C19H22N6O. The van der Waals surface area contributed by atoms with Gasteiger partial charge in [0.05, 0.1) is 5.57 Å². The Morgan fingerprint density at radius 3 is 2.73 bits per heavy atom. The van der Waals surface area contributed by atoms with Gasteiger partial charge < -0.3 is 9.88 Å². The lowest BCUT2D eigenvalue weighted by molar-refractivity contribution is -0.116. The third-order valence-electron chi connectivity index (χ3n) is 4.81. The van der Waals surface area contributed by atoms with Crippen LogP contribution in [-0.4, -0.2) is 45.6 Å². The minimum Gasteiger partial charge on any atom is -0.358 e. The van der Waals surface area contributed by atoms with Crippen molar-refractivity contribution in [3.8, 4) is 0 Å². The summed E-state index contributed by atoms with van der Waals surface area (Å²) >= 11 is 0. The highest BCUT2D eigenvalue weighted by Crippen LogP contribution is 2.30. The first kappa shape index (κ1) is 16.7. The van der Waals surface area contributed by atoms with Crippen LogP contribution in [0.4, 0.5) is 0 Å². The average Bonchev–Trinajstić information content (AvgIpc) is 3.17. The van der Waals surface area contributed by atoms with Crippen LogP contribution in [0.2, 0.25) is 0 Å². The Morgan fingerprint density at radius 1 is 1.19 bits per heavy atom. The summed E-state index contributed by atoms with van der Waals surface area (Å²) in [5.41, 5.74) is 9.41. The lowest BCUT2D eigenvalue weighted by Crippen LogP contribution is -2.15. The molecule has 2 aromatic rings. The number of nitrogens with zero attached hydrogens (tertiary/aromatic N) is 4. The van der Waals surface area contributed by atoms with Crippen LogP contribution in [0.15, 0.2) is 29.4 Å². The minimum absolute atomic E-state index is 0.202. The molecule has 3 heterocycles. The standard InChI is InChI=1S/C19H22N6O/c1-25(2)10-15-13-5-3-4-6-16(13)22-17(15)7-14-18(23-24-19(14)26)12-8-20-11-21-9-12/h7-9,11,22H,3-6,10H2,1-2H3,(H,24,26). The third-order valence-corrected chi connectivity index (χ3v) is 4.81. The van der Waals surface area contributed by atoms with Gasteiger partial charge in [0.1, 0.15) is 12.0 Å². The molecule has 7 heteroatoms. The van der Waals surface area contributed by atoms with Gasteiger partial charge in [0, 0.05) is 35.9 Å². The van der Waals surface area contributed by atoms with E-state index in [4.69, 9.17) is 0 Å². The molecule has 0 saturated carbocycles. The van der Waals surface area contributed by atoms with Gasteiger partial charge >= 0.3 is 0 Å². The molecular weight excluding hydrogens is 328 g/mol. The molecule has 1 aliphatic carbocycles. The highest BCUT2D eigenvalue weighted by molar-refractivity contribution is 6.33. The molecule has 134 valence electrons. The van der Waals surface area contributed by atoms with Crippen LogP contribution in [0, 0.1) is 0 Å². The fourth-order valence-corrected chi connectivity index (χ4v) is 3.65. The summed E-state index contributed by atoms with van der Waals surface area (Å²) < 4.78 is 0. The Bertz CT molecular complexity index is 894. The van der Waals surface area contributed by atoms with Gasteiger partial charge in [-0.1, -0.05) is 0 Å². The number of aromatic nitrogens is 3. The van der Waals surface area contributed by atoms with E-state index in [1.54, 1.807) is 12.4 Å². The SMILES string of the molecule is CN(C)Cc1c(C=C2C(=O)NN=C2c2cncnc2)[nH]c2c1CCCC2. The smallest absolute Gasteiger partial charge is 0.273 e. The molecule has 26 heavy (non-hydrogen) atoms. The molecule has 0 bridgehead atoms. The first-order chi connectivity index (χ1) is 12.6. The van der Waals surface area contributed by atoms with Crippen molar-refractivity contribution >= 4 is 17.7 Å². The lowest BCUT2D eigenvalue weighted by Gasteiger charge is -2.15. The summed E-state index contributed by atoms with van der Waals surface area (Å²) in [6, 6.07) is 0. The van der Waals surface area contributed by atoms with Gasteiger partial charge in [0.25, 0.3) is 5.91 Å². The molecule has 0 fully saturated rings. The van der Waals surface area contributed by atoms with Gasteiger partial charge in [0.2, 0.25) is 0 Å². The van der Waals surface area contributed by atoms with Crippen molar-refractivity contribution in [1.82, 2.24) is 25.3 Å². The largest absolute Gasteiger partial charge is 0.358 e. The van der Waals surface area contributed by atoms with E-state index >= 15 is 0 Å². The number of H-pyrrole nitrogens is 1. The number of rotatable bonds is 4. The molecule has 0 unspecified atom stereocenters. The number of aromatic amines is 1. The molecule has 2 N–H and O–H groups in total. The van der Waals surface area contributed by atoms with Gasteiger partial charge in [-0.3, -0.25) is 4.79 Å². The molecule has 7 nitrogen and oxygen atoms in total.